The van der Waals surface area contributed by atoms with Crippen molar-refractivity contribution in [1.29, 1.82) is 0 Å². The maximum Gasteiger partial charge on any atom is 0.280 e. The van der Waals surface area contributed by atoms with Crippen molar-refractivity contribution in [2.45, 2.75) is 13.8 Å². The number of phenols is 1. The fourth-order valence-corrected chi connectivity index (χ4v) is 2.85. The third kappa shape index (κ3) is 5.07. The van der Waals surface area contributed by atoms with E-state index in [1.165, 1.54) is 12.1 Å². The van der Waals surface area contributed by atoms with Crippen molar-refractivity contribution in [3.63, 3.8) is 0 Å². The first-order valence-corrected chi connectivity index (χ1v) is 9.06. The number of para-hydroxylation sites is 2. The zero-order valence-electron chi connectivity index (χ0n) is 16.1. The number of nitrogens with zero attached hydrogens (tertiary/aromatic N) is 1. The minimum absolute atomic E-state index is 0.1000. The van der Waals surface area contributed by atoms with Gasteiger partial charge < -0.3 is 15.7 Å². The van der Waals surface area contributed by atoms with E-state index in [9.17, 15) is 14.7 Å². The van der Waals surface area contributed by atoms with Crippen LogP contribution in [0.25, 0.3) is 0 Å². The lowest BCUT2D eigenvalue weighted by Crippen LogP contribution is -2.34. The summed E-state index contributed by atoms with van der Waals surface area (Å²) in [6.07, 6.45) is 0. The Bertz CT molecular complexity index is 983. The van der Waals surface area contributed by atoms with E-state index >= 15 is 0 Å². The lowest BCUT2D eigenvalue weighted by atomic mass is 10.1. The summed E-state index contributed by atoms with van der Waals surface area (Å²) in [4.78, 5) is 30.1. The first kappa shape index (κ1) is 19.8. The molecule has 0 aliphatic carbocycles. The fourth-order valence-electron chi connectivity index (χ4n) is 2.85. The fraction of sp³-hybridized carbons (Fsp3) is 0.0870. The molecule has 0 unspecified atom stereocenters. The van der Waals surface area contributed by atoms with Gasteiger partial charge in [0, 0.05) is 11.4 Å². The largest absolute Gasteiger partial charge is 0.508 e. The van der Waals surface area contributed by atoms with E-state index in [1.807, 2.05) is 12.1 Å². The molecule has 29 heavy (non-hydrogen) atoms. The number of aliphatic imine (C=N–C) groups is 1. The van der Waals surface area contributed by atoms with Crippen LogP contribution in [0.3, 0.4) is 0 Å². The van der Waals surface area contributed by atoms with Gasteiger partial charge in [-0.2, -0.15) is 0 Å². The maximum atomic E-state index is 12.9. The van der Waals surface area contributed by atoms with Crippen molar-refractivity contribution >= 4 is 34.6 Å². The van der Waals surface area contributed by atoms with Crippen molar-refractivity contribution in [2.75, 3.05) is 10.6 Å². The first-order valence-electron chi connectivity index (χ1n) is 9.06. The van der Waals surface area contributed by atoms with Crippen molar-refractivity contribution in [3.8, 4) is 5.75 Å². The number of hydrogen-bond donors (Lipinski definition) is 3. The van der Waals surface area contributed by atoms with Gasteiger partial charge >= 0.3 is 0 Å². The molecule has 0 aromatic heterocycles. The van der Waals surface area contributed by atoms with E-state index in [4.69, 9.17) is 0 Å². The molecule has 6 heteroatoms. The Morgan fingerprint density at radius 3 is 1.59 bits per heavy atom. The topological polar surface area (TPSA) is 90.8 Å². The Balaban J connectivity index is 1.99. The van der Waals surface area contributed by atoms with Crippen molar-refractivity contribution < 1.29 is 14.7 Å². The Hall–Kier alpha value is -3.93. The number of anilines is 2. The highest BCUT2D eigenvalue weighted by atomic mass is 16.3. The molecule has 0 radical (unpaired) electrons. The van der Waals surface area contributed by atoms with E-state index in [2.05, 4.69) is 15.6 Å². The third-order valence-corrected chi connectivity index (χ3v) is 4.19. The number of benzene rings is 3. The molecule has 0 saturated heterocycles. The van der Waals surface area contributed by atoms with Crippen LogP contribution in [-0.4, -0.2) is 22.6 Å². The Morgan fingerprint density at radius 2 is 1.17 bits per heavy atom. The van der Waals surface area contributed by atoms with Gasteiger partial charge in [-0.05, 0) is 61.4 Å². The number of aromatic hydroxyl groups is 1. The minimum Gasteiger partial charge on any atom is -0.508 e. The molecule has 0 bridgehead atoms. The second kappa shape index (κ2) is 8.84. The van der Waals surface area contributed by atoms with Gasteiger partial charge in [0.2, 0.25) is 0 Å². The summed E-state index contributed by atoms with van der Waals surface area (Å²) in [6, 6.07) is 20.8. The zero-order valence-corrected chi connectivity index (χ0v) is 16.1. The number of phenolic OH excluding ortho intramolecular Hbond substituents is 1. The molecule has 0 aliphatic rings. The lowest BCUT2D eigenvalue weighted by Gasteiger charge is -2.11. The van der Waals surface area contributed by atoms with Gasteiger partial charge in [0.25, 0.3) is 11.8 Å². The normalized spacial score (nSPS) is 10.1. The molecule has 0 atom stereocenters. The molecule has 0 aliphatic heterocycles. The zero-order chi connectivity index (χ0) is 20.8. The highest BCUT2D eigenvalue weighted by molar-refractivity contribution is 6.69. The summed E-state index contributed by atoms with van der Waals surface area (Å²) >= 11 is 0. The molecule has 6 nitrogen and oxygen atoms in total. The summed E-state index contributed by atoms with van der Waals surface area (Å²) in [7, 11) is 0. The standard InChI is InChI=1S/C23H21N3O3/c1-15-13-19(27)14-16(2)20(15)26-21(22(28)24-17-9-5-3-6-10-17)23(29)25-18-11-7-4-8-12-18/h3-14,27H,1-2H3,(H,24,28)(H,25,29). The van der Waals surface area contributed by atoms with Gasteiger partial charge in [-0.1, -0.05) is 36.4 Å². The maximum absolute atomic E-state index is 12.9. The average Bonchev–Trinajstić information content (AvgIpc) is 2.68. The molecule has 0 saturated carbocycles. The lowest BCUT2D eigenvalue weighted by molar-refractivity contribution is -0.114. The highest BCUT2D eigenvalue weighted by Gasteiger charge is 2.22. The quantitative estimate of drug-likeness (QED) is 0.449. The number of hydrogen-bond acceptors (Lipinski definition) is 4. The minimum atomic E-state index is -0.628. The number of carbonyl (C=O) groups excluding carboxylic acids is 2. The molecule has 3 rings (SSSR count). The van der Waals surface area contributed by atoms with Gasteiger partial charge in [-0.3, -0.25) is 9.59 Å². The van der Waals surface area contributed by atoms with Crippen LogP contribution in [0, 0.1) is 13.8 Å². The number of nitrogens with one attached hydrogen (secondary N) is 2. The molecule has 0 heterocycles. The smallest absolute Gasteiger partial charge is 0.280 e. The molecule has 3 aromatic rings. The highest BCUT2D eigenvalue weighted by Crippen LogP contribution is 2.28. The second-order valence-corrected chi connectivity index (χ2v) is 6.53. The van der Waals surface area contributed by atoms with E-state index in [-0.39, 0.29) is 11.5 Å². The summed E-state index contributed by atoms with van der Waals surface area (Å²) in [5.74, 6) is -1.16. The summed E-state index contributed by atoms with van der Waals surface area (Å²) in [5, 5.41) is 15.2. The average molecular weight is 387 g/mol. The number of aryl methyl sites for hydroxylation is 2. The van der Waals surface area contributed by atoms with Crippen molar-refractivity contribution in [2.24, 2.45) is 4.99 Å². The monoisotopic (exact) mass is 387 g/mol. The summed E-state index contributed by atoms with van der Waals surface area (Å²) < 4.78 is 0. The SMILES string of the molecule is Cc1cc(O)cc(C)c1N=C(C(=O)Nc1ccccc1)C(=O)Nc1ccccc1. The van der Waals surface area contributed by atoms with Crippen LogP contribution in [0.2, 0.25) is 0 Å². The van der Waals surface area contributed by atoms with Crippen LogP contribution < -0.4 is 10.6 Å². The molecule has 146 valence electrons. The van der Waals surface area contributed by atoms with Crippen LogP contribution in [-0.2, 0) is 9.59 Å². The Labute approximate surface area is 168 Å². The summed E-state index contributed by atoms with van der Waals surface area (Å²) in [6.45, 7) is 3.51. The van der Waals surface area contributed by atoms with E-state index < -0.39 is 11.8 Å². The molecular weight excluding hydrogens is 366 g/mol. The predicted octanol–water partition coefficient (Wildman–Crippen LogP) is 4.36. The molecule has 0 spiro atoms. The summed E-state index contributed by atoms with van der Waals surface area (Å²) in [5.41, 5.74) is 2.59. The molecule has 3 aromatic carbocycles. The van der Waals surface area contributed by atoms with Crippen molar-refractivity contribution in [1.82, 2.24) is 0 Å². The third-order valence-electron chi connectivity index (χ3n) is 4.19. The van der Waals surface area contributed by atoms with Crippen LogP contribution in [0.4, 0.5) is 17.1 Å². The molecule has 3 N–H and O–H groups in total. The number of rotatable bonds is 5. The van der Waals surface area contributed by atoms with Gasteiger partial charge in [-0.25, -0.2) is 4.99 Å². The van der Waals surface area contributed by atoms with Crippen LogP contribution in [0.15, 0.2) is 77.8 Å². The number of amides is 2. The van der Waals surface area contributed by atoms with Crippen LogP contribution in [0.1, 0.15) is 11.1 Å². The second-order valence-electron chi connectivity index (χ2n) is 6.53. The van der Waals surface area contributed by atoms with Crippen LogP contribution >= 0.6 is 0 Å². The van der Waals surface area contributed by atoms with Gasteiger partial charge in [0.15, 0.2) is 5.71 Å². The molecule has 2 amide bonds. The molecular formula is C23H21N3O3. The van der Waals surface area contributed by atoms with Crippen LogP contribution in [0.5, 0.6) is 5.75 Å². The van der Waals surface area contributed by atoms with Gasteiger partial charge in [-0.15, -0.1) is 0 Å². The molecule has 0 fully saturated rings. The first-order chi connectivity index (χ1) is 13.9. The number of carbonyl (C=O) groups is 2. The van der Waals surface area contributed by atoms with Gasteiger partial charge in [0.05, 0.1) is 5.69 Å². The van der Waals surface area contributed by atoms with Crippen molar-refractivity contribution in [3.05, 3.63) is 83.9 Å². The van der Waals surface area contributed by atoms with E-state index in [0.29, 0.717) is 28.2 Å². The Morgan fingerprint density at radius 1 is 0.759 bits per heavy atom. The predicted molar refractivity (Wildman–Crippen MR) is 115 cm³/mol. The van der Waals surface area contributed by atoms with E-state index in [1.54, 1.807) is 62.4 Å². The van der Waals surface area contributed by atoms with Gasteiger partial charge in [0.1, 0.15) is 5.75 Å². The Kier molecular flexibility index (Phi) is 6.04. The van der Waals surface area contributed by atoms with E-state index in [0.717, 1.165) is 0 Å².